The maximum atomic E-state index is 13.5. The normalized spacial score (nSPS) is 13.6. The molecule has 0 saturated heterocycles. The molecule has 1 aromatic heterocycles. The maximum Gasteiger partial charge on any atom is 0.416 e. The van der Waals surface area contributed by atoms with Crippen LogP contribution in [0.15, 0.2) is 42.6 Å². The van der Waals surface area contributed by atoms with Crippen molar-refractivity contribution in [1.82, 2.24) is 9.47 Å². The molecule has 34 heavy (non-hydrogen) atoms. The summed E-state index contributed by atoms with van der Waals surface area (Å²) < 4.78 is 42.1. The van der Waals surface area contributed by atoms with E-state index in [2.05, 4.69) is 0 Å². The fourth-order valence-electron chi connectivity index (χ4n) is 4.16. The topological polar surface area (TPSA) is 86.3 Å². The molecule has 1 fully saturated rings. The lowest BCUT2D eigenvalue weighted by Crippen LogP contribution is -2.31. The van der Waals surface area contributed by atoms with Crippen molar-refractivity contribution in [2.75, 3.05) is 6.54 Å². The molecular weight excluding hydrogens is 447 g/mol. The quantitative estimate of drug-likeness (QED) is 0.525. The van der Waals surface area contributed by atoms with Crippen LogP contribution in [0.25, 0.3) is 22.0 Å². The molecule has 0 bridgehead atoms. The van der Waals surface area contributed by atoms with Crippen molar-refractivity contribution in [2.24, 2.45) is 5.92 Å². The van der Waals surface area contributed by atoms with Crippen molar-refractivity contribution in [2.45, 2.75) is 39.0 Å². The predicted octanol–water partition coefficient (Wildman–Crippen LogP) is 5.04. The molecule has 6 nitrogen and oxygen atoms in total. The summed E-state index contributed by atoms with van der Waals surface area (Å²) in [5, 5.41) is 19.2. The third kappa shape index (κ3) is 4.62. The number of carbonyl (C=O) groups is 2. The predicted molar refractivity (Wildman–Crippen MR) is 119 cm³/mol. The summed E-state index contributed by atoms with van der Waals surface area (Å²) in [5.41, 5.74) is 1.33. The number of nitrogens with zero attached hydrogens (tertiary/aromatic N) is 3. The Morgan fingerprint density at radius 3 is 2.50 bits per heavy atom. The van der Waals surface area contributed by atoms with Gasteiger partial charge in [-0.3, -0.25) is 9.59 Å². The molecule has 1 aliphatic carbocycles. The molecule has 0 unspecified atom stereocenters. The van der Waals surface area contributed by atoms with Gasteiger partial charge in [-0.1, -0.05) is 6.07 Å². The fraction of sp³-hybridized carbons (Fsp3) is 0.320. The van der Waals surface area contributed by atoms with Gasteiger partial charge in [0.05, 0.1) is 17.2 Å². The highest BCUT2D eigenvalue weighted by molar-refractivity contribution is 5.98. The molecule has 176 valence electrons. The Balaban J connectivity index is 1.90. The number of hydrogen-bond donors (Lipinski definition) is 1. The molecule has 9 heteroatoms. The zero-order valence-corrected chi connectivity index (χ0v) is 18.4. The molecule has 4 rings (SSSR count). The van der Waals surface area contributed by atoms with Crippen molar-refractivity contribution in [3.8, 4) is 17.2 Å². The summed E-state index contributed by atoms with van der Waals surface area (Å²) in [6.07, 6.45) is -1.42. The Morgan fingerprint density at radius 1 is 1.18 bits per heavy atom. The summed E-state index contributed by atoms with van der Waals surface area (Å²) >= 11 is 0. The van der Waals surface area contributed by atoms with Crippen molar-refractivity contribution >= 4 is 22.8 Å². The first kappa shape index (κ1) is 23.4. The lowest BCUT2D eigenvalue weighted by atomic mass is 9.95. The van der Waals surface area contributed by atoms with Gasteiger partial charge in [-0.25, -0.2) is 0 Å². The second-order valence-corrected chi connectivity index (χ2v) is 8.40. The Kier molecular flexibility index (Phi) is 6.09. The first-order chi connectivity index (χ1) is 16.1. The standard InChI is InChI=1S/C25H22F3N3O3/c1-2-30(24(34)16-4-5-16)12-17-10-18(25(26,27)28)6-7-19(17)21-13-31(14-23(32)33)22-8-3-15(11-29)9-20(21)22/h3,6-10,13,16H,2,4-5,12,14H2,1H3,(H,32,33). The number of benzene rings is 2. The highest BCUT2D eigenvalue weighted by atomic mass is 19.4. The number of halogens is 3. The number of hydrogen-bond acceptors (Lipinski definition) is 3. The highest BCUT2D eigenvalue weighted by Crippen LogP contribution is 2.38. The zero-order chi connectivity index (χ0) is 24.6. The van der Waals surface area contributed by atoms with Crippen molar-refractivity contribution in [3.63, 3.8) is 0 Å². The lowest BCUT2D eigenvalue weighted by Gasteiger charge is -2.23. The minimum Gasteiger partial charge on any atom is -0.480 e. The average Bonchev–Trinajstić information content (AvgIpc) is 3.59. The van der Waals surface area contributed by atoms with E-state index in [0.29, 0.717) is 39.7 Å². The number of fused-ring (bicyclic) bond motifs is 1. The van der Waals surface area contributed by atoms with Crippen LogP contribution in [-0.2, 0) is 28.9 Å². The van der Waals surface area contributed by atoms with Gasteiger partial charge < -0.3 is 14.6 Å². The largest absolute Gasteiger partial charge is 0.480 e. The van der Waals surface area contributed by atoms with E-state index in [-0.39, 0.29) is 24.9 Å². The molecule has 0 aliphatic heterocycles. The SMILES string of the molecule is CCN(Cc1cc(C(F)(F)F)ccc1-c1cn(CC(=O)O)c2ccc(C#N)cc12)C(=O)C1CC1. The number of aromatic nitrogens is 1. The summed E-state index contributed by atoms with van der Waals surface area (Å²) in [6.45, 7) is 1.78. The number of rotatable bonds is 7. The Bertz CT molecular complexity index is 1320. The van der Waals surface area contributed by atoms with Gasteiger partial charge in [0.15, 0.2) is 0 Å². The van der Waals surface area contributed by atoms with Gasteiger partial charge >= 0.3 is 12.1 Å². The number of carboxylic acids is 1. The lowest BCUT2D eigenvalue weighted by molar-refractivity contribution is -0.138. The van der Waals surface area contributed by atoms with Gasteiger partial charge in [-0.05, 0) is 61.2 Å². The monoisotopic (exact) mass is 469 g/mol. The molecule has 1 saturated carbocycles. The van der Waals surface area contributed by atoms with E-state index in [1.165, 1.54) is 10.6 Å². The molecule has 2 aromatic carbocycles. The van der Waals surface area contributed by atoms with E-state index >= 15 is 0 Å². The van der Waals surface area contributed by atoms with E-state index in [4.69, 9.17) is 0 Å². The third-order valence-corrected chi connectivity index (χ3v) is 6.02. The van der Waals surface area contributed by atoms with E-state index in [9.17, 15) is 33.1 Å². The molecule has 3 aromatic rings. The van der Waals surface area contributed by atoms with E-state index < -0.39 is 17.7 Å². The second-order valence-electron chi connectivity index (χ2n) is 8.40. The van der Waals surface area contributed by atoms with Crippen LogP contribution in [0.2, 0.25) is 0 Å². The molecule has 1 N–H and O–H groups in total. The van der Waals surface area contributed by atoms with Crippen LogP contribution < -0.4 is 0 Å². The first-order valence-corrected chi connectivity index (χ1v) is 10.9. The summed E-state index contributed by atoms with van der Waals surface area (Å²) in [4.78, 5) is 25.6. The van der Waals surface area contributed by atoms with Crippen molar-refractivity contribution < 1.29 is 27.9 Å². The van der Waals surface area contributed by atoms with Gasteiger partial charge in [0.2, 0.25) is 5.91 Å². The van der Waals surface area contributed by atoms with Gasteiger partial charge in [0.1, 0.15) is 6.54 Å². The second kappa shape index (κ2) is 8.86. The number of alkyl halides is 3. The van der Waals surface area contributed by atoms with Crippen LogP contribution >= 0.6 is 0 Å². The summed E-state index contributed by atoms with van der Waals surface area (Å²) in [6, 6.07) is 10.2. The van der Waals surface area contributed by atoms with Crippen molar-refractivity contribution in [3.05, 3.63) is 59.3 Å². The minimum atomic E-state index is -4.56. The summed E-state index contributed by atoms with van der Waals surface area (Å²) in [5.74, 6) is -1.23. The Morgan fingerprint density at radius 2 is 1.91 bits per heavy atom. The fourth-order valence-corrected chi connectivity index (χ4v) is 4.16. The van der Waals surface area contributed by atoms with Gasteiger partial charge in [0.25, 0.3) is 0 Å². The Hall–Kier alpha value is -3.80. The van der Waals surface area contributed by atoms with Gasteiger partial charge in [0, 0.05) is 41.7 Å². The van der Waals surface area contributed by atoms with Crippen LogP contribution in [0.5, 0.6) is 0 Å². The molecule has 1 heterocycles. The van der Waals surface area contributed by atoms with Crippen LogP contribution in [0.3, 0.4) is 0 Å². The van der Waals surface area contributed by atoms with Crippen molar-refractivity contribution in [1.29, 1.82) is 5.26 Å². The molecule has 1 aliphatic rings. The van der Waals surface area contributed by atoms with E-state index in [0.717, 1.165) is 25.0 Å². The smallest absolute Gasteiger partial charge is 0.416 e. The number of carboxylic acid groups (broad SMARTS) is 1. The number of amides is 1. The van der Waals surface area contributed by atoms with Crippen LogP contribution in [-0.4, -0.2) is 33.0 Å². The molecule has 0 radical (unpaired) electrons. The van der Waals surface area contributed by atoms with E-state index in [1.54, 1.807) is 36.2 Å². The first-order valence-electron chi connectivity index (χ1n) is 10.9. The maximum absolute atomic E-state index is 13.5. The third-order valence-electron chi connectivity index (χ3n) is 6.02. The minimum absolute atomic E-state index is 0.00533. The highest BCUT2D eigenvalue weighted by Gasteiger charge is 2.34. The van der Waals surface area contributed by atoms with Gasteiger partial charge in [-0.2, -0.15) is 18.4 Å². The molecular formula is C25H22F3N3O3. The van der Waals surface area contributed by atoms with Crippen LogP contribution in [0.1, 0.15) is 36.5 Å². The number of carbonyl (C=O) groups excluding carboxylic acids is 1. The zero-order valence-electron chi connectivity index (χ0n) is 18.4. The summed E-state index contributed by atoms with van der Waals surface area (Å²) in [7, 11) is 0. The number of nitriles is 1. The Labute approximate surface area is 193 Å². The molecule has 0 spiro atoms. The van der Waals surface area contributed by atoms with Gasteiger partial charge in [-0.15, -0.1) is 0 Å². The number of aliphatic carboxylic acids is 1. The van der Waals surface area contributed by atoms with Crippen LogP contribution in [0.4, 0.5) is 13.2 Å². The van der Waals surface area contributed by atoms with E-state index in [1.807, 2.05) is 6.07 Å². The molecule has 1 amide bonds. The average molecular weight is 469 g/mol. The molecule has 0 atom stereocenters. The van der Waals surface area contributed by atoms with Crippen LogP contribution in [0, 0.1) is 17.2 Å².